The summed E-state index contributed by atoms with van der Waals surface area (Å²) in [6, 6.07) is 7.15. The molecule has 0 saturated carbocycles. The van der Waals surface area contributed by atoms with Crippen LogP contribution >= 0.6 is 0 Å². The van der Waals surface area contributed by atoms with E-state index in [1.165, 1.54) is 14.2 Å². The molecule has 1 aromatic heterocycles. The van der Waals surface area contributed by atoms with Crippen LogP contribution in [0.5, 0.6) is 28.7 Å². The minimum atomic E-state index is -0.556. The first-order chi connectivity index (χ1) is 14.6. The third kappa shape index (κ3) is 2.79. The summed E-state index contributed by atoms with van der Waals surface area (Å²) >= 11 is 0. The van der Waals surface area contributed by atoms with Crippen molar-refractivity contribution >= 4 is 22.9 Å². The molecule has 2 aromatic carbocycles. The van der Waals surface area contributed by atoms with Gasteiger partial charge in [0.1, 0.15) is 0 Å². The van der Waals surface area contributed by atoms with Crippen LogP contribution in [0.2, 0.25) is 0 Å². The highest BCUT2D eigenvalue weighted by Crippen LogP contribution is 2.43. The lowest BCUT2D eigenvalue weighted by Gasteiger charge is -2.25. The fourth-order valence-corrected chi connectivity index (χ4v) is 3.71. The summed E-state index contributed by atoms with van der Waals surface area (Å²) in [5.41, 5.74) is 8.26. The summed E-state index contributed by atoms with van der Waals surface area (Å²) in [5, 5.41) is 13.3. The molecule has 0 aliphatic carbocycles. The highest BCUT2D eigenvalue weighted by molar-refractivity contribution is 5.95. The maximum atomic E-state index is 10.3. The van der Waals surface area contributed by atoms with E-state index in [1.54, 1.807) is 12.1 Å². The second-order valence-electron chi connectivity index (χ2n) is 6.93. The lowest BCUT2D eigenvalue weighted by molar-refractivity contribution is 0.297. The van der Waals surface area contributed by atoms with Crippen LogP contribution in [0, 0.1) is 0 Å². The number of fused-ring (bicyclic) bond motifs is 4. The van der Waals surface area contributed by atoms with E-state index >= 15 is 0 Å². The van der Waals surface area contributed by atoms with Crippen molar-refractivity contribution in [2.24, 2.45) is 10.7 Å². The second kappa shape index (κ2) is 6.90. The van der Waals surface area contributed by atoms with E-state index in [0.717, 1.165) is 11.9 Å². The average Bonchev–Trinajstić information content (AvgIpc) is 2.92. The van der Waals surface area contributed by atoms with Crippen molar-refractivity contribution in [2.75, 3.05) is 32.8 Å². The largest absolute Gasteiger partial charge is 0.502 e. The number of aliphatic imine (C=N–C) groups is 1. The molecular weight excluding hydrogens is 390 g/mol. The molecule has 1 atom stereocenters. The molecule has 156 valence electrons. The van der Waals surface area contributed by atoms with Gasteiger partial charge in [0.15, 0.2) is 35.1 Å². The number of aromatic nitrogens is 2. The summed E-state index contributed by atoms with van der Waals surface area (Å²) in [6.07, 6.45) is 0.259. The van der Waals surface area contributed by atoms with Crippen LogP contribution in [0.1, 0.15) is 18.2 Å². The lowest BCUT2D eigenvalue weighted by atomic mass is 10.1. The molecule has 2 aliphatic heterocycles. The standard InChI is InChI=1S/C20H21N5O5/c1-27-15-6-10(7-16(28-2)17(15)26)18-23-19(21)24-20-22-11-8-13-14(9-12(11)25(18)20)30-5-3-4-29-13/h6-9,18,26H,3-5H2,1-2H3,(H3,21,22,23,24). The highest BCUT2D eigenvalue weighted by atomic mass is 16.5. The van der Waals surface area contributed by atoms with Crippen molar-refractivity contribution in [3.63, 3.8) is 0 Å². The van der Waals surface area contributed by atoms with Crippen molar-refractivity contribution in [3.8, 4) is 28.7 Å². The van der Waals surface area contributed by atoms with Crippen molar-refractivity contribution < 1.29 is 24.1 Å². The Bertz CT molecular complexity index is 1150. The van der Waals surface area contributed by atoms with Gasteiger partial charge in [0.2, 0.25) is 11.7 Å². The number of rotatable bonds is 3. The Morgan fingerprint density at radius 3 is 2.43 bits per heavy atom. The third-order valence-electron chi connectivity index (χ3n) is 5.10. The number of phenolic OH excluding ortho intramolecular Hbond substituents is 1. The lowest BCUT2D eigenvalue weighted by Crippen LogP contribution is -2.31. The van der Waals surface area contributed by atoms with Gasteiger partial charge in [0.25, 0.3) is 0 Å². The summed E-state index contributed by atoms with van der Waals surface area (Å²) in [7, 11) is 2.95. The molecule has 2 aliphatic rings. The fraction of sp³-hybridized carbons (Fsp3) is 0.300. The Labute approximate surface area is 171 Å². The van der Waals surface area contributed by atoms with E-state index in [-0.39, 0.29) is 23.2 Å². The molecule has 0 amide bonds. The molecule has 0 spiro atoms. The van der Waals surface area contributed by atoms with Crippen LogP contribution in [0.15, 0.2) is 29.3 Å². The van der Waals surface area contributed by atoms with Gasteiger partial charge in [-0.2, -0.15) is 0 Å². The monoisotopic (exact) mass is 411 g/mol. The number of anilines is 1. The topological polar surface area (TPSA) is 125 Å². The van der Waals surface area contributed by atoms with E-state index in [1.807, 2.05) is 16.7 Å². The summed E-state index contributed by atoms with van der Waals surface area (Å²) < 4.78 is 24.2. The number of phenols is 1. The van der Waals surface area contributed by atoms with Crippen LogP contribution in [-0.2, 0) is 0 Å². The first-order valence-corrected chi connectivity index (χ1v) is 9.46. The van der Waals surface area contributed by atoms with Gasteiger partial charge < -0.3 is 29.8 Å². The Hall–Kier alpha value is -3.82. The molecule has 30 heavy (non-hydrogen) atoms. The number of aromatic hydroxyl groups is 1. The maximum Gasteiger partial charge on any atom is 0.212 e. The van der Waals surface area contributed by atoms with Gasteiger partial charge in [-0.15, -0.1) is 0 Å². The number of methoxy groups -OCH3 is 2. The molecule has 0 fully saturated rings. The number of nitrogens with zero attached hydrogens (tertiary/aromatic N) is 3. The number of nitrogens with two attached hydrogens (primary N) is 1. The smallest absolute Gasteiger partial charge is 0.212 e. The first kappa shape index (κ1) is 18.2. The molecule has 10 nitrogen and oxygen atoms in total. The zero-order chi connectivity index (χ0) is 20.8. The van der Waals surface area contributed by atoms with Gasteiger partial charge in [-0.1, -0.05) is 0 Å². The minimum Gasteiger partial charge on any atom is -0.502 e. The first-order valence-electron chi connectivity index (χ1n) is 9.46. The Morgan fingerprint density at radius 1 is 1.10 bits per heavy atom. The molecule has 10 heteroatoms. The van der Waals surface area contributed by atoms with Crippen LogP contribution in [0.4, 0.5) is 5.95 Å². The van der Waals surface area contributed by atoms with Gasteiger partial charge in [-0.05, 0) is 12.1 Å². The molecule has 0 saturated heterocycles. The van der Waals surface area contributed by atoms with Crippen LogP contribution in [0.3, 0.4) is 0 Å². The number of benzene rings is 2. The van der Waals surface area contributed by atoms with Crippen LogP contribution in [0.25, 0.3) is 11.0 Å². The maximum absolute atomic E-state index is 10.3. The molecule has 1 unspecified atom stereocenters. The van der Waals surface area contributed by atoms with Gasteiger partial charge in [-0.25, -0.2) is 9.98 Å². The molecule has 0 bridgehead atoms. The zero-order valence-corrected chi connectivity index (χ0v) is 16.5. The number of ether oxygens (including phenoxy) is 4. The van der Waals surface area contributed by atoms with Gasteiger partial charge in [0, 0.05) is 24.1 Å². The summed E-state index contributed by atoms with van der Waals surface area (Å²) in [5.74, 6) is 2.54. The highest BCUT2D eigenvalue weighted by Gasteiger charge is 2.28. The normalized spacial score (nSPS) is 17.5. The molecule has 3 heterocycles. The van der Waals surface area contributed by atoms with Crippen LogP contribution in [-0.4, -0.2) is 48.1 Å². The minimum absolute atomic E-state index is 0.0822. The molecule has 3 aromatic rings. The quantitative estimate of drug-likeness (QED) is 0.599. The van der Waals surface area contributed by atoms with E-state index in [2.05, 4.69) is 15.3 Å². The van der Waals surface area contributed by atoms with Gasteiger partial charge in [-0.3, -0.25) is 9.88 Å². The Balaban J connectivity index is 1.71. The predicted molar refractivity (Wildman–Crippen MR) is 110 cm³/mol. The summed E-state index contributed by atoms with van der Waals surface area (Å²) in [4.78, 5) is 9.23. The number of imidazole rings is 1. The van der Waals surface area contributed by atoms with E-state index < -0.39 is 6.17 Å². The Kier molecular flexibility index (Phi) is 4.19. The summed E-state index contributed by atoms with van der Waals surface area (Å²) in [6.45, 7) is 1.18. The van der Waals surface area contributed by atoms with E-state index in [9.17, 15) is 5.11 Å². The van der Waals surface area contributed by atoms with Crippen molar-refractivity contribution in [3.05, 3.63) is 29.8 Å². The van der Waals surface area contributed by atoms with Gasteiger partial charge >= 0.3 is 0 Å². The third-order valence-corrected chi connectivity index (χ3v) is 5.10. The number of hydrogen-bond acceptors (Lipinski definition) is 9. The van der Waals surface area contributed by atoms with Crippen LogP contribution < -0.4 is 30.0 Å². The van der Waals surface area contributed by atoms with E-state index in [0.29, 0.717) is 41.7 Å². The van der Waals surface area contributed by atoms with Crippen molar-refractivity contribution in [1.82, 2.24) is 9.55 Å². The zero-order valence-electron chi connectivity index (χ0n) is 16.5. The molecule has 0 radical (unpaired) electrons. The number of hydrogen-bond donors (Lipinski definition) is 3. The van der Waals surface area contributed by atoms with Gasteiger partial charge in [0.05, 0.1) is 38.5 Å². The second-order valence-corrected chi connectivity index (χ2v) is 6.93. The number of nitrogens with one attached hydrogen (secondary N) is 1. The predicted octanol–water partition coefficient (Wildman–Crippen LogP) is 2.21. The van der Waals surface area contributed by atoms with Crippen molar-refractivity contribution in [1.29, 1.82) is 0 Å². The molecule has 5 rings (SSSR count). The molecular formula is C20H21N5O5. The van der Waals surface area contributed by atoms with E-state index in [4.69, 9.17) is 24.7 Å². The number of guanidine groups is 1. The van der Waals surface area contributed by atoms with Crippen molar-refractivity contribution in [2.45, 2.75) is 12.6 Å². The average molecular weight is 411 g/mol. The Morgan fingerprint density at radius 2 is 1.77 bits per heavy atom. The fourth-order valence-electron chi connectivity index (χ4n) is 3.71. The SMILES string of the molecule is COc1cc(C2N=C(N)Nc3nc4cc5c(cc4n32)OCCCO5)cc(OC)c1O. The molecule has 4 N–H and O–H groups in total.